The van der Waals surface area contributed by atoms with Crippen molar-refractivity contribution in [1.29, 1.82) is 0 Å². The van der Waals surface area contributed by atoms with Crippen LogP contribution in [0.25, 0.3) is 10.9 Å². The molecule has 0 saturated carbocycles. The van der Waals surface area contributed by atoms with Gasteiger partial charge in [-0.2, -0.15) is 0 Å². The minimum absolute atomic E-state index is 0.198. The van der Waals surface area contributed by atoms with Gasteiger partial charge in [0, 0.05) is 23.9 Å². The number of aliphatic imine (C=N–C) groups is 1. The zero-order valence-electron chi connectivity index (χ0n) is 9.94. The molecule has 0 bridgehead atoms. The highest BCUT2D eigenvalue weighted by molar-refractivity contribution is 6.12. The Hall–Kier alpha value is -2.10. The van der Waals surface area contributed by atoms with E-state index in [9.17, 15) is 4.79 Å². The average molecular weight is 239 g/mol. The van der Waals surface area contributed by atoms with E-state index in [4.69, 9.17) is 0 Å². The molecule has 4 nitrogen and oxygen atoms in total. The molecule has 18 heavy (non-hydrogen) atoms. The van der Waals surface area contributed by atoms with Gasteiger partial charge in [0.2, 0.25) is 5.91 Å². The molecule has 0 unspecified atom stereocenters. The second kappa shape index (κ2) is 3.45. The van der Waals surface area contributed by atoms with Gasteiger partial charge in [0.15, 0.2) is 5.84 Å². The number of hydrogen-bond donors (Lipinski definition) is 1. The first-order chi connectivity index (χ1) is 8.84. The predicted molar refractivity (Wildman–Crippen MR) is 69.7 cm³/mol. The van der Waals surface area contributed by atoms with E-state index in [2.05, 4.69) is 28.2 Å². The Kier molecular flexibility index (Phi) is 1.89. The number of benzene rings is 1. The molecule has 4 rings (SSSR count). The van der Waals surface area contributed by atoms with E-state index < -0.39 is 0 Å². The molecule has 2 aliphatic rings. The van der Waals surface area contributed by atoms with Crippen LogP contribution >= 0.6 is 0 Å². The third-order valence-electron chi connectivity index (χ3n) is 3.77. The topological polar surface area (TPSA) is 48.5 Å². The fourth-order valence-corrected chi connectivity index (χ4v) is 2.91. The van der Waals surface area contributed by atoms with Gasteiger partial charge in [0.25, 0.3) is 0 Å². The van der Waals surface area contributed by atoms with Crippen LogP contribution in [0.15, 0.2) is 29.3 Å². The maximum Gasteiger partial charge on any atom is 0.230 e. The van der Waals surface area contributed by atoms with Crippen molar-refractivity contribution in [1.82, 2.24) is 9.88 Å². The van der Waals surface area contributed by atoms with Gasteiger partial charge in [-0.3, -0.25) is 14.7 Å². The van der Waals surface area contributed by atoms with Crippen molar-refractivity contribution in [3.63, 3.8) is 0 Å². The minimum atomic E-state index is 0.198. The number of H-pyrrole nitrogens is 1. The van der Waals surface area contributed by atoms with Gasteiger partial charge in [-0.05, 0) is 18.1 Å². The summed E-state index contributed by atoms with van der Waals surface area (Å²) in [6.07, 6.45) is 1.45. The van der Waals surface area contributed by atoms with Gasteiger partial charge in [0.1, 0.15) is 0 Å². The van der Waals surface area contributed by atoms with E-state index in [1.165, 1.54) is 10.9 Å². The van der Waals surface area contributed by atoms with E-state index >= 15 is 0 Å². The van der Waals surface area contributed by atoms with Gasteiger partial charge in [-0.25, -0.2) is 0 Å². The van der Waals surface area contributed by atoms with E-state index in [-0.39, 0.29) is 5.91 Å². The van der Waals surface area contributed by atoms with E-state index in [0.29, 0.717) is 13.0 Å². The molecule has 4 heteroatoms. The first-order valence-corrected chi connectivity index (χ1v) is 6.29. The van der Waals surface area contributed by atoms with Crippen molar-refractivity contribution in [2.75, 3.05) is 13.1 Å². The van der Waals surface area contributed by atoms with Crippen molar-refractivity contribution < 1.29 is 4.79 Å². The van der Waals surface area contributed by atoms with E-state index in [0.717, 1.165) is 30.0 Å². The van der Waals surface area contributed by atoms with Gasteiger partial charge in [-0.1, -0.05) is 18.2 Å². The maximum absolute atomic E-state index is 11.9. The molecule has 3 heterocycles. The molecule has 2 aliphatic heterocycles. The number of nitrogens with zero attached hydrogens (tertiary/aromatic N) is 2. The first-order valence-electron chi connectivity index (χ1n) is 6.29. The van der Waals surface area contributed by atoms with Gasteiger partial charge >= 0.3 is 0 Å². The lowest BCUT2D eigenvalue weighted by molar-refractivity contribution is -0.127. The lowest BCUT2D eigenvalue weighted by Gasteiger charge is -2.31. The number of aromatic nitrogens is 1. The number of amidine groups is 1. The van der Waals surface area contributed by atoms with Crippen LogP contribution in [0.3, 0.4) is 0 Å². The van der Waals surface area contributed by atoms with Crippen LogP contribution in [0, 0.1) is 0 Å². The van der Waals surface area contributed by atoms with E-state index in [1.807, 2.05) is 11.0 Å². The molecule has 1 N–H and O–H groups in total. The summed E-state index contributed by atoms with van der Waals surface area (Å²) < 4.78 is 0. The molecular weight excluding hydrogens is 226 g/mol. The molecule has 0 spiro atoms. The molecule has 1 aromatic carbocycles. The van der Waals surface area contributed by atoms with Crippen molar-refractivity contribution in [3.8, 4) is 0 Å². The van der Waals surface area contributed by atoms with Crippen LogP contribution in [0.5, 0.6) is 0 Å². The molecule has 1 amide bonds. The van der Waals surface area contributed by atoms with Crippen LogP contribution in [-0.4, -0.2) is 34.7 Å². The Morgan fingerprint density at radius 3 is 3.06 bits per heavy atom. The molecule has 90 valence electrons. The highest BCUT2D eigenvalue weighted by Crippen LogP contribution is 2.29. The highest BCUT2D eigenvalue weighted by atomic mass is 16.2. The second-order valence-electron chi connectivity index (χ2n) is 4.77. The molecule has 0 saturated heterocycles. The molecule has 0 aliphatic carbocycles. The van der Waals surface area contributed by atoms with Gasteiger partial charge in [0.05, 0.1) is 12.2 Å². The van der Waals surface area contributed by atoms with Gasteiger partial charge in [-0.15, -0.1) is 0 Å². The maximum atomic E-state index is 11.9. The number of carbonyl (C=O) groups is 1. The number of aromatic amines is 1. The summed E-state index contributed by atoms with van der Waals surface area (Å²) in [6, 6.07) is 8.28. The highest BCUT2D eigenvalue weighted by Gasteiger charge is 2.31. The van der Waals surface area contributed by atoms with Crippen LogP contribution in [0.4, 0.5) is 0 Å². The molecule has 0 atom stereocenters. The summed E-state index contributed by atoms with van der Waals surface area (Å²) in [5.74, 6) is 1.04. The third-order valence-corrected chi connectivity index (χ3v) is 3.77. The fourth-order valence-electron chi connectivity index (χ4n) is 2.91. The number of fused-ring (bicyclic) bond motifs is 5. The van der Waals surface area contributed by atoms with Crippen molar-refractivity contribution in [2.45, 2.75) is 12.8 Å². The summed E-state index contributed by atoms with van der Waals surface area (Å²) >= 11 is 0. The average Bonchev–Trinajstić information content (AvgIpc) is 2.78. The Morgan fingerprint density at radius 1 is 1.22 bits per heavy atom. The smallest absolute Gasteiger partial charge is 0.230 e. The lowest BCUT2D eigenvalue weighted by atomic mass is 10.0. The Balaban J connectivity index is 1.98. The summed E-state index contributed by atoms with van der Waals surface area (Å²) in [6.45, 7) is 1.37. The Morgan fingerprint density at radius 2 is 2.11 bits per heavy atom. The monoisotopic (exact) mass is 239 g/mol. The molecule has 1 aromatic heterocycles. The fraction of sp³-hybridized carbons (Fsp3) is 0.286. The number of hydrogen-bond acceptors (Lipinski definition) is 2. The molecular formula is C14H13N3O. The summed E-state index contributed by atoms with van der Waals surface area (Å²) in [4.78, 5) is 21.6. The van der Waals surface area contributed by atoms with Crippen molar-refractivity contribution in [3.05, 3.63) is 35.5 Å². The normalized spacial score (nSPS) is 18.6. The first kappa shape index (κ1) is 9.88. The third kappa shape index (κ3) is 1.20. The number of para-hydroxylation sites is 1. The van der Waals surface area contributed by atoms with E-state index in [1.54, 1.807) is 0 Å². The Labute approximate surface area is 104 Å². The van der Waals surface area contributed by atoms with Crippen LogP contribution in [0.1, 0.15) is 17.7 Å². The number of amides is 1. The molecule has 2 aromatic rings. The Bertz CT molecular complexity index is 683. The van der Waals surface area contributed by atoms with Gasteiger partial charge < -0.3 is 4.98 Å². The summed E-state index contributed by atoms with van der Waals surface area (Å²) in [5, 5.41) is 1.26. The van der Waals surface area contributed by atoms with Crippen LogP contribution in [-0.2, 0) is 11.2 Å². The number of rotatable bonds is 0. The zero-order chi connectivity index (χ0) is 12.1. The summed E-state index contributed by atoms with van der Waals surface area (Å²) in [5.41, 5.74) is 3.47. The second-order valence-corrected chi connectivity index (χ2v) is 4.77. The molecule has 0 fully saturated rings. The SMILES string of the molecule is O=C1CCN=C2c3[nH]c4ccccc4c3CCN12. The molecule has 0 radical (unpaired) electrons. The van der Waals surface area contributed by atoms with Crippen LogP contribution < -0.4 is 0 Å². The standard InChI is InChI=1S/C14H13N3O/c18-12-5-7-15-14-13-10(6-8-17(12)14)9-3-1-2-4-11(9)16-13/h1-4,16H,5-8H2. The van der Waals surface area contributed by atoms with Crippen LogP contribution in [0.2, 0.25) is 0 Å². The predicted octanol–water partition coefficient (Wildman–Crippen LogP) is 1.70. The lowest BCUT2D eigenvalue weighted by Crippen LogP contribution is -2.45. The quantitative estimate of drug-likeness (QED) is 0.747. The zero-order valence-corrected chi connectivity index (χ0v) is 9.94. The van der Waals surface area contributed by atoms with Crippen molar-refractivity contribution >= 4 is 22.6 Å². The minimum Gasteiger partial charge on any atom is -0.352 e. The number of carbonyl (C=O) groups excluding carboxylic acids is 1. The largest absolute Gasteiger partial charge is 0.352 e. The van der Waals surface area contributed by atoms with Crippen molar-refractivity contribution in [2.24, 2.45) is 4.99 Å². The summed E-state index contributed by atoms with van der Waals surface area (Å²) in [7, 11) is 0. The number of nitrogens with one attached hydrogen (secondary N) is 1.